The fourth-order valence-electron chi connectivity index (χ4n) is 1.36. The normalized spacial score (nSPS) is 10.3. The maximum absolute atomic E-state index is 5.20. The molecular weight excluding hydrogens is 275 g/mol. The summed E-state index contributed by atoms with van der Waals surface area (Å²) in [5, 5.41) is 2.51. The second kappa shape index (κ2) is 3.54. The quantitative estimate of drug-likeness (QED) is 0.729. The summed E-state index contributed by atoms with van der Waals surface area (Å²) >= 11 is 2.33. The maximum Gasteiger partial charge on any atom is 0.120 e. The van der Waals surface area contributed by atoms with Crippen LogP contribution < -0.4 is 4.74 Å². The van der Waals surface area contributed by atoms with Crippen LogP contribution in [0.2, 0.25) is 0 Å². The molecule has 0 saturated carbocycles. The van der Waals surface area contributed by atoms with Crippen LogP contribution in [0.3, 0.4) is 0 Å². The zero-order valence-corrected chi connectivity index (χ0v) is 9.41. The number of hydrogen-bond donors (Lipinski definition) is 0. The molecule has 0 heterocycles. The van der Waals surface area contributed by atoms with Crippen LogP contribution in [-0.4, -0.2) is 7.11 Å². The SMILES string of the molecule is COc1cc(I)c2ccccc2c1. The van der Waals surface area contributed by atoms with Crippen molar-refractivity contribution in [3.63, 3.8) is 0 Å². The van der Waals surface area contributed by atoms with Crippen LogP contribution >= 0.6 is 22.6 Å². The smallest absolute Gasteiger partial charge is 0.120 e. The average Bonchev–Trinajstić information content (AvgIpc) is 2.18. The fraction of sp³-hybridized carbons (Fsp3) is 0.0909. The molecule has 0 unspecified atom stereocenters. The molecule has 2 aromatic rings. The second-order valence-corrected chi connectivity index (χ2v) is 3.99. The Kier molecular flexibility index (Phi) is 2.40. The largest absolute Gasteiger partial charge is 0.497 e. The maximum atomic E-state index is 5.20. The molecule has 0 aliphatic heterocycles. The zero-order valence-electron chi connectivity index (χ0n) is 7.25. The number of hydrogen-bond acceptors (Lipinski definition) is 1. The second-order valence-electron chi connectivity index (χ2n) is 2.83. The first-order chi connectivity index (χ1) is 6.31. The Bertz CT molecular complexity index is 437. The topological polar surface area (TPSA) is 9.23 Å². The summed E-state index contributed by atoms with van der Waals surface area (Å²) in [5.41, 5.74) is 0. The Balaban J connectivity index is 2.77. The third-order valence-corrected chi connectivity index (χ3v) is 2.91. The van der Waals surface area contributed by atoms with Crippen LogP contribution in [0, 0.1) is 3.57 Å². The van der Waals surface area contributed by atoms with E-state index in [-0.39, 0.29) is 0 Å². The number of rotatable bonds is 1. The first-order valence-electron chi connectivity index (χ1n) is 4.03. The highest BCUT2D eigenvalue weighted by Crippen LogP contribution is 2.26. The van der Waals surface area contributed by atoms with Gasteiger partial charge in [-0.25, -0.2) is 0 Å². The van der Waals surface area contributed by atoms with Gasteiger partial charge in [-0.2, -0.15) is 0 Å². The summed E-state index contributed by atoms with van der Waals surface area (Å²) in [5.74, 6) is 0.920. The number of methoxy groups -OCH3 is 1. The Hall–Kier alpha value is -0.770. The van der Waals surface area contributed by atoms with E-state index in [9.17, 15) is 0 Å². The van der Waals surface area contributed by atoms with Gasteiger partial charge < -0.3 is 4.74 Å². The van der Waals surface area contributed by atoms with Crippen LogP contribution in [0.15, 0.2) is 36.4 Å². The number of halogens is 1. The van der Waals surface area contributed by atoms with E-state index < -0.39 is 0 Å². The van der Waals surface area contributed by atoms with E-state index in [4.69, 9.17) is 4.74 Å². The van der Waals surface area contributed by atoms with E-state index in [1.807, 2.05) is 12.1 Å². The van der Waals surface area contributed by atoms with Gasteiger partial charge in [0.15, 0.2) is 0 Å². The molecule has 2 heteroatoms. The van der Waals surface area contributed by atoms with E-state index in [0.717, 1.165) is 5.75 Å². The summed E-state index contributed by atoms with van der Waals surface area (Å²) in [6.07, 6.45) is 0. The van der Waals surface area contributed by atoms with E-state index in [1.165, 1.54) is 14.3 Å². The van der Waals surface area contributed by atoms with Gasteiger partial charge in [-0.3, -0.25) is 0 Å². The molecule has 0 saturated heterocycles. The van der Waals surface area contributed by atoms with Crippen molar-refractivity contribution < 1.29 is 4.74 Å². The average molecular weight is 284 g/mol. The highest BCUT2D eigenvalue weighted by molar-refractivity contribution is 14.1. The Morgan fingerprint density at radius 2 is 1.92 bits per heavy atom. The highest BCUT2D eigenvalue weighted by Gasteiger charge is 2.00. The van der Waals surface area contributed by atoms with E-state index >= 15 is 0 Å². The van der Waals surface area contributed by atoms with E-state index in [2.05, 4.69) is 46.9 Å². The van der Waals surface area contributed by atoms with Crippen LogP contribution in [0.5, 0.6) is 5.75 Å². The lowest BCUT2D eigenvalue weighted by Crippen LogP contribution is -1.84. The number of fused-ring (bicyclic) bond motifs is 1. The molecule has 13 heavy (non-hydrogen) atoms. The summed E-state index contributed by atoms with van der Waals surface area (Å²) in [6, 6.07) is 12.4. The molecule has 0 amide bonds. The molecule has 0 bridgehead atoms. The van der Waals surface area contributed by atoms with Gasteiger partial charge in [-0.15, -0.1) is 0 Å². The summed E-state index contributed by atoms with van der Waals surface area (Å²) in [7, 11) is 1.69. The van der Waals surface area contributed by atoms with Gasteiger partial charge in [0, 0.05) is 3.57 Å². The van der Waals surface area contributed by atoms with Gasteiger partial charge in [0.25, 0.3) is 0 Å². The molecular formula is C11H9IO. The first kappa shape index (κ1) is 8.81. The van der Waals surface area contributed by atoms with Crippen molar-refractivity contribution in [1.82, 2.24) is 0 Å². The van der Waals surface area contributed by atoms with Gasteiger partial charge >= 0.3 is 0 Å². The lowest BCUT2D eigenvalue weighted by atomic mass is 10.1. The molecule has 0 aliphatic rings. The number of ether oxygens (including phenoxy) is 1. The lowest BCUT2D eigenvalue weighted by Gasteiger charge is -2.04. The minimum atomic E-state index is 0.920. The third-order valence-electron chi connectivity index (χ3n) is 2.02. The van der Waals surface area contributed by atoms with Crippen molar-refractivity contribution >= 4 is 33.4 Å². The highest BCUT2D eigenvalue weighted by atomic mass is 127. The lowest BCUT2D eigenvalue weighted by molar-refractivity contribution is 0.415. The molecule has 0 spiro atoms. The van der Waals surface area contributed by atoms with Gasteiger partial charge in [0.05, 0.1) is 7.11 Å². The molecule has 66 valence electrons. The number of benzene rings is 2. The predicted molar refractivity (Wildman–Crippen MR) is 63.2 cm³/mol. The molecule has 0 N–H and O–H groups in total. The molecule has 0 atom stereocenters. The monoisotopic (exact) mass is 284 g/mol. The summed E-state index contributed by atoms with van der Waals surface area (Å²) in [6.45, 7) is 0. The van der Waals surface area contributed by atoms with Crippen LogP contribution in [0.4, 0.5) is 0 Å². The predicted octanol–water partition coefficient (Wildman–Crippen LogP) is 3.45. The minimum absolute atomic E-state index is 0.920. The van der Waals surface area contributed by atoms with Crippen LogP contribution in [-0.2, 0) is 0 Å². The summed E-state index contributed by atoms with van der Waals surface area (Å²) in [4.78, 5) is 0. The van der Waals surface area contributed by atoms with E-state index in [1.54, 1.807) is 7.11 Å². The molecule has 2 aromatic carbocycles. The van der Waals surface area contributed by atoms with Crippen molar-refractivity contribution in [2.24, 2.45) is 0 Å². The van der Waals surface area contributed by atoms with Crippen molar-refractivity contribution in [2.45, 2.75) is 0 Å². The molecule has 0 radical (unpaired) electrons. The molecule has 0 fully saturated rings. The van der Waals surface area contributed by atoms with Crippen molar-refractivity contribution in [1.29, 1.82) is 0 Å². The van der Waals surface area contributed by atoms with Crippen LogP contribution in [0.1, 0.15) is 0 Å². The van der Waals surface area contributed by atoms with Crippen LogP contribution in [0.25, 0.3) is 10.8 Å². The van der Waals surface area contributed by atoms with Gasteiger partial charge in [0.2, 0.25) is 0 Å². The molecule has 0 aliphatic carbocycles. The van der Waals surface area contributed by atoms with Gasteiger partial charge in [-0.1, -0.05) is 24.3 Å². The Labute approximate surface area is 90.9 Å². The molecule has 0 aromatic heterocycles. The Morgan fingerprint density at radius 1 is 1.15 bits per heavy atom. The van der Waals surface area contributed by atoms with Crippen molar-refractivity contribution in [3.8, 4) is 5.75 Å². The third kappa shape index (κ3) is 1.63. The van der Waals surface area contributed by atoms with Gasteiger partial charge in [0.1, 0.15) is 5.75 Å². The minimum Gasteiger partial charge on any atom is -0.497 e. The van der Waals surface area contributed by atoms with E-state index in [0.29, 0.717) is 0 Å². The standard InChI is InChI=1S/C11H9IO/c1-13-9-6-8-4-2-3-5-10(8)11(12)7-9/h2-7H,1H3. The van der Waals surface area contributed by atoms with Crippen molar-refractivity contribution in [2.75, 3.05) is 7.11 Å². The summed E-state index contributed by atoms with van der Waals surface area (Å²) < 4.78 is 6.43. The zero-order chi connectivity index (χ0) is 9.26. The fourth-order valence-corrected chi connectivity index (χ4v) is 2.15. The molecule has 2 rings (SSSR count). The van der Waals surface area contributed by atoms with Crippen molar-refractivity contribution in [3.05, 3.63) is 40.0 Å². The first-order valence-corrected chi connectivity index (χ1v) is 5.11. The van der Waals surface area contributed by atoms with Gasteiger partial charge in [-0.05, 0) is 45.5 Å². The molecule has 1 nitrogen and oxygen atoms in total. The Morgan fingerprint density at radius 3 is 2.69 bits per heavy atom.